The summed E-state index contributed by atoms with van der Waals surface area (Å²) in [4.78, 5) is 38.8. The smallest absolute Gasteiger partial charge is 0.351 e. The Morgan fingerprint density at radius 1 is 1.00 bits per heavy atom. The van der Waals surface area contributed by atoms with Crippen LogP contribution >= 0.6 is 0 Å². The van der Waals surface area contributed by atoms with E-state index in [0.29, 0.717) is 17.6 Å². The molecule has 1 aliphatic carbocycles. The van der Waals surface area contributed by atoms with Crippen molar-refractivity contribution in [1.29, 1.82) is 0 Å². The number of fused-ring (bicyclic) bond motifs is 3. The average Bonchev–Trinajstić information content (AvgIpc) is 3.60. The molecule has 8 atom stereocenters. The van der Waals surface area contributed by atoms with Crippen molar-refractivity contribution in [3.05, 3.63) is 23.3 Å². The Kier molecular flexibility index (Phi) is 5.77. The zero-order valence-corrected chi connectivity index (χ0v) is 20.4. The van der Waals surface area contributed by atoms with Gasteiger partial charge in [0.2, 0.25) is 5.60 Å². The number of esters is 3. The number of carbonyl (C=O) groups is 3. The molecule has 0 radical (unpaired) electrons. The summed E-state index contributed by atoms with van der Waals surface area (Å²) in [5, 5.41) is 0. The van der Waals surface area contributed by atoms with E-state index in [9.17, 15) is 14.4 Å². The minimum Gasteiger partial charge on any atom is -0.459 e. The summed E-state index contributed by atoms with van der Waals surface area (Å²) < 4.78 is 29.7. The maximum absolute atomic E-state index is 13.2. The van der Waals surface area contributed by atoms with Crippen molar-refractivity contribution in [2.75, 3.05) is 0 Å². The number of hydrogen-bond acceptors (Lipinski definition) is 8. The van der Waals surface area contributed by atoms with Gasteiger partial charge in [0.15, 0.2) is 0 Å². The van der Waals surface area contributed by atoms with Crippen LogP contribution in [-0.4, -0.2) is 59.1 Å². The number of epoxide rings is 2. The van der Waals surface area contributed by atoms with Gasteiger partial charge in [-0.2, -0.15) is 0 Å². The number of rotatable bonds is 4. The van der Waals surface area contributed by atoms with Crippen LogP contribution in [0, 0.1) is 5.92 Å². The Bertz CT molecular complexity index is 937. The van der Waals surface area contributed by atoms with E-state index in [0.717, 1.165) is 12.8 Å². The highest BCUT2D eigenvalue weighted by atomic mass is 16.7. The summed E-state index contributed by atoms with van der Waals surface area (Å²) in [6, 6.07) is 0. The molecule has 0 spiro atoms. The van der Waals surface area contributed by atoms with Gasteiger partial charge in [-0.3, -0.25) is 0 Å². The molecule has 4 fully saturated rings. The molecule has 8 heteroatoms. The summed E-state index contributed by atoms with van der Waals surface area (Å²) >= 11 is 0. The molecular weight excluding hydrogens is 428 g/mol. The monoisotopic (exact) mass is 462 g/mol. The fourth-order valence-corrected chi connectivity index (χ4v) is 5.19. The van der Waals surface area contributed by atoms with Gasteiger partial charge in [0.25, 0.3) is 0 Å². The van der Waals surface area contributed by atoms with Crippen LogP contribution < -0.4 is 0 Å². The summed E-state index contributed by atoms with van der Waals surface area (Å²) in [6.07, 6.45) is 3.34. The summed E-state index contributed by atoms with van der Waals surface area (Å²) in [5.74, 6) is -2.52. The van der Waals surface area contributed by atoms with Crippen LogP contribution in [0.4, 0.5) is 0 Å². The van der Waals surface area contributed by atoms with Gasteiger partial charge in [0.1, 0.15) is 18.3 Å². The molecule has 0 aromatic heterocycles. The number of hydrogen-bond donors (Lipinski definition) is 0. The van der Waals surface area contributed by atoms with Gasteiger partial charge >= 0.3 is 17.9 Å². The van der Waals surface area contributed by atoms with Crippen molar-refractivity contribution in [1.82, 2.24) is 0 Å². The maximum atomic E-state index is 13.2. The first-order valence-electron chi connectivity index (χ1n) is 11.7. The van der Waals surface area contributed by atoms with Crippen LogP contribution in [0.5, 0.6) is 0 Å². The van der Waals surface area contributed by atoms with Gasteiger partial charge in [-0.05, 0) is 61.3 Å². The number of allylic oxidation sites excluding steroid dienone is 2. The van der Waals surface area contributed by atoms with E-state index < -0.39 is 58.9 Å². The third-order valence-corrected chi connectivity index (χ3v) is 7.90. The SMILES string of the molecule is C/C=C(/C)C(=O)O[C@H]1[C@@H]2[C@@H](C[C@@]3(C)O[C@@H]3CC[C@@]3(C)O[C@H]13)OC(=O)[C@]2(C)OC(=O)/C(C)=C\C. The molecule has 33 heavy (non-hydrogen) atoms. The molecule has 4 rings (SSSR count). The van der Waals surface area contributed by atoms with Crippen molar-refractivity contribution in [2.45, 2.75) is 109 Å². The Hall–Kier alpha value is -2.19. The van der Waals surface area contributed by atoms with Crippen molar-refractivity contribution in [3.8, 4) is 0 Å². The Labute approximate surface area is 194 Å². The van der Waals surface area contributed by atoms with Crippen LogP contribution in [0.25, 0.3) is 0 Å². The standard InChI is InChI=1S/C25H34O8/c1-8-13(3)20(26)30-18-17-15(29-22(28)25(17,7)33-21(27)14(4)9-2)12-24(6)16(31-24)10-11-23(5)19(18)32-23/h8-9,15-19H,10-12H2,1-7H3/b13-8-,14-9-/t15-,16-,17+,18+,19-,23-,24-,25-/m1/s1. The van der Waals surface area contributed by atoms with Gasteiger partial charge in [-0.25, -0.2) is 14.4 Å². The van der Waals surface area contributed by atoms with Crippen LogP contribution in [0.3, 0.4) is 0 Å². The van der Waals surface area contributed by atoms with E-state index in [1.807, 2.05) is 13.8 Å². The van der Waals surface area contributed by atoms with Gasteiger partial charge < -0.3 is 23.7 Å². The molecule has 3 saturated heterocycles. The second-order valence-corrected chi connectivity index (χ2v) is 10.3. The molecule has 0 bridgehead atoms. The number of carbonyl (C=O) groups excluding carboxylic acids is 3. The van der Waals surface area contributed by atoms with E-state index >= 15 is 0 Å². The molecule has 8 nitrogen and oxygen atoms in total. The maximum Gasteiger partial charge on any atom is 0.351 e. The summed E-state index contributed by atoms with van der Waals surface area (Å²) in [5.41, 5.74) is -1.82. The van der Waals surface area contributed by atoms with Crippen LogP contribution in [0.1, 0.15) is 67.7 Å². The largest absolute Gasteiger partial charge is 0.459 e. The lowest BCUT2D eigenvalue weighted by atomic mass is 9.75. The molecule has 0 amide bonds. The molecule has 3 aliphatic heterocycles. The molecule has 182 valence electrons. The van der Waals surface area contributed by atoms with E-state index in [1.54, 1.807) is 46.8 Å². The highest BCUT2D eigenvalue weighted by Gasteiger charge is 2.71. The Morgan fingerprint density at radius 2 is 1.64 bits per heavy atom. The summed E-state index contributed by atoms with van der Waals surface area (Å²) in [6.45, 7) is 12.3. The van der Waals surface area contributed by atoms with Gasteiger partial charge in [0.05, 0.1) is 23.2 Å². The molecular formula is C25H34O8. The van der Waals surface area contributed by atoms with Gasteiger partial charge in [0, 0.05) is 17.6 Å². The Morgan fingerprint density at radius 3 is 2.27 bits per heavy atom. The molecule has 0 aromatic rings. The number of ether oxygens (including phenoxy) is 5. The van der Waals surface area contributed by atoms with Crippen molar-refractivity contribution in [2.24, 2.45) is 5.92 Å². The third kappa shape index (κ3) is 4.01. The molecule has 4 aliphatic rings. The molecule has 0 aromatic carbocycles. The van der Waals surface area contributed by atoms with E-state index in [1.165, 1.54) is 0 Å². The van der Waals surface area contributed by atoms with E-state index in [4.69, 9.17) is 23.7 Å². The molecule has 3 heterocycles. The van der Waals surface area contributed by atoms with Crippen LogP contribution in [0.15, 0.2) is 23.3 Å². The summed E-state index contributed by atoms with van der Waals surface area (Å²) in [7, 11) is 0. The molecule has 0 N–H and O–H groups in total. The first-order valence-corrected chi connectivity index (χ1v) is 11.7. The van der Waals surface area contributed by atoms with E-state index in [-0.39, 0.29) is 6.10 Å². The first-order chi connectivity index (χ1) is 15.4. The van der Waals surface area contributed by atoms with Crippen molar-refractivity contribution in [3.63, 3.8) is 0 Å². The highest BCUT2D eigenvalue weighted by molar-refractivity contribution is 5.92. The average molecular weight is 463 g/mol. The van der Waals surface area contributed by atoms with Crippen LogP contribution in [-0.2, 0) is 38.1 Å². The Balaban J connectivity index is 1.76. The van der Waals surface area contributed by atoms with Crippen molar-refractivity contribution < 1.29 is 38.1 Å². The topological polar surface area (TPSA) is 104 Å². The normalized spacial score (nSPS) is 44.6. The minimum absolute atomic E-state index is 0.0440. The minimum atomic E-state index is -1.65. The van der Waals surface area contributed by atoms with Gasteiger partial charge in [-0.15, -0.1) is 0 Å². The lowest BCUT2D eigenvalue weighted by Gasteiger charge is -2.35. The first kappa shape index (κ1) is 24.0. The van der Waals surface area contributed by atoms with E-state index in [2.05, 4.69) is 0 Å². The molecule has 1 saturated carbocycles. The fourth-order valence-electron chi connectivity index (χ4n) is 5.19. The zero-order valence-electron chi connectivity index (χ0n) is 20.4. The van der Waals surface area contributed by atoms with Crippen molar-refractivity contribution >= 4 is 17.9 Å². The van der Waals surface area contributed by atoms with Crippen LogP contribution in [0.2, 0.25) is 0 Å². The quantitative estimate of drug-likeness (QED) is 0.272. The lowest BCUT2D eigenvalue weighted by molar-refractivity contribution is -0.176. The fraction of sp³-hybridized carbons (Fsp3) is 0.720. The second kappa shape index (κ2) is 7.94. The molecule has 0 unspecified atom stereocenters. The predicted octanol–water partition coefficient (Wildman–Crippen LogP) is 3.17. The zero-order chi connectivity index (χ0) is 24.3. The predicted molar refractivity (Wildman–Crippen MR) is 117 cm³/mol. The van der Waals surface area contributed by atoms with Gasteiger partial charge in [-0.1, -0.05) is 12.2 Å². The third-order valence-electron chi connectivity index (χ3n) is 7.90. The second-order valence-electron chi connectivity index (χ2n) is 10.3. The highest BCUT2D eigenvalue weighted by Crippen LogP contribution is 2.56. The lowest BCUT2D eigenvalue weighted by Crippen LogP contribution is -2.53.